The van der Waals surface area contributed by atoms with E-state index in [0.717, 1.165) is 5.70 Å². The third-order valence-corrected chi connectivity index (χ3v) is 3.86. The Morgan fingerprint density at radius 1 is 1.69 bits per heavy atom. The summed E-state index contributed by atoms with van der Waals surface area (Å²) in [6, 6.07) is 0. The van der Waals surface area contributed by atoms with Gasteiger partial charge in [0.2, 0.25) is 0 Å². The number of aliphatic imine (C=N–C) groups is 1. The Bertz CT molecular complexity index is 364. The normalized spacial score (nSPS) is 23.2. The fourth-order valence-electron chi connectivity index (χ4n) is 1.35. The molecule has 1 aliphatic carbocycles. The number of nitrogens with zero attached hydrogens (tertiary/aromatic N) is 1. The summed E-state index contributed by atoms with van der Waals surface area (Å²) in [5, 5.41) is 2.04. The highest BCUT2D eigenvalue weighted by Crippen LogP contribution is 2.23. The average Bonchev–Trinajstić information content (AvgIpc) is 2.04. The van der Waals surface area contributed by atoms with E-state index in [1.807, 2.05) is 6.08 Å². The molecule has 0 spiro atoms. The Morgan fingerprint density at radius 3 is 2.77 bits per heavy atom. The van der Waals surface area contributed by atoms with Crippen LogP contribution >= 0.6 is 12.2 Å². The molecule has 0 amide bonds. The van der Waals surface area contributed by atoms with Crippen LogP contribution in [0.25, 0.3) is 0 Å². The second kappa shape index (κ2) is 4.13. The fraction of sp³-hybridized carbons (Fsp3) is 0.625. The lowest BCUT2D eigenvalue weighted by molar-refractivity contribution is 0.570. The van der Waals surface area contributed by atoms with Crippen molar-refractivity contribution in [2.45, 2.75) is 24.5 Å². The van der Waals surface area contributed by atoms with Crippen LogP contribution in [0, 0.1) is 0 Å². The molecule has 5 heteroatoms. The first-order valence-corrected chi connectivity index (χ1v) is 6.36. The molecule has 0 aromatic rings. The molecule has 0 fully saturated rings. The van der Waals surface area contributed by atoms with Gasteiger partial charge in [0.1, 0.15) is 0 Å². The molecule has 3 nitrogen and oxygen atoms in total. The third kappa shape index (κ3) is 3.03. The Hall–Kier alpha value is -0.510. The predicted molar refractivity (Wildman–Crippen MR) is 55.6 cm³/mol. The predicted octanol–water partition coefficient (Wildman–Crippen LogP) is 1.57. The SMILES string of the molecule is CS(=O)(=O)C1CC=C(N=C=S)CC1. The van der Waals surface area contributed by atoms with Crippen LogP contribution in [-0.2, 0) is 9.84 Å². The Kier molecular flexibility index (Phi) is 3.36. The van der Waals surface area contributed by atoms with Crippen molar-refractivity contribution in [3.63, 3.8) is 0 Å². The van der Waals surface area contributed by atoms with E-state index in [2.05, 4.69) is 22.4 Å². The van der Waals surface area contributed by atoms with E-state index < -0.39 is 9.84 Å². The van der Waals surface area contributed by atoms with Crippen LogP contribution in [-0.4, -0.2) is 25.1 Å². The maximum absolute atomic E-state index is 11.2. The van der Waals surface area contributed by atoms with Crippen LogP contribution in [0.4, 0.5) is 0 Å². The van der Waals surface area contributed by atoms with Crippen molar-refractivity contribution >= 4 is 27.2 Å². The molecule has 1 unspecified atom stereocenters. The van der Waals surface area contributed by atoms with E-state index in [4.69, 9.17) is 0 Å². The highest BCUT2D eigenvalue weighted by molar-refractivity contribution is 7.91. The zero-order valence-corrected chi connectivity index (χ0v) is 8.99. The molecule has 0 saturated carbocycles. The number of isothiocyanates is 1. The van der Waals surface area contributed by atoms with Crippen molar-refractivity contribution in [3.8, 4) is 0 Å². The van der Waals surface area contributed by atoms with Crippen molar-refractivity contribution in [1.82, 2.24) is 0 Å². The van der Waals surface area contributed by atoms with Gasteiger partial charge in [-0.2, -0.15) is 4.99 Å². The fourth-order valence-corrected chi connectivity index (χ4v) is 2.45. The van der Waals surface area contributed by atoms with Crippen molar-refractivity contribution < 1.29 is 8.42 Å². The summed E-state index contributed by atoms with van der Waals surface area (Å²) in [5.41, 5.74) is 0.856. The van der Waals surface area contributed by atoms with E-state index in [1.165, 1.54) is 6.26 Å². The Morgan fingerprint density at radius 2 is 2.38 bits per heavy atom. The minimum Gasteiger partial charge on any atom is -0.229 e. The van der Waals surface area contributed by atoms with Crippen molar-refractivity contribution in [1.29, 1.82) is 0 Å². The average molecular weight is 217 g/mol. The van der Waals surface area contributed by atoms with E-state index in [0.29, 0.717) is 19.3 Å². The number of hydrogen-bond donors (Lipinski definition) is 0. The van der Waals surface area contributed by atoms with Gasteiger partial charge in [0.05, 0.1) is 10.4 Å². The van der Waals surface area contributed by atoms with Gasteiger partial charge in [0, 0.05) is 12.0 Å². The molecule has 1 aliphatic rings. The van der Waals surface area contributed by atoms with Gasteiger partial charge in [0.15, 0.2) is 9.84 Å². The standard InChI is InChI=1S/C8H11NO2S2/c1-13(10,11)8-4-2-7(3-5-8)9-6-12/h2,8H,3-5H2,1H3. The number of rotatable bonds is 2. The van der Waals surface area contributed by atoms with Crippen LogP contribution in [0.1, 0.15) is 19.3 Å². The van der Waals surface area contributed by atoms with Crippen LogP contribution in [0.5, 0.6) is 0 Å². The second-order valence-corrected chi connectivity index (χ2v) is 5.63. The topological polar surface area (TPSA) is 46.5 Å². The summed E-state index contributed by atoms with van der Waals surface area (Å²) >= 11 is 4.46. The molecule has 0 aromatic heterocycles. The van der Waals surface area contributed by atoms with Gasteiger partial charge in [-0.25, -0.2) is 8.42 Å². The highest BCUT2D eigenvalue weighted by Gasteiger charge is 2.22. The van der Waals surface area contributed by atoms with Crippen LogP contribution in [0.15, 0.2) is 16.8 Å². The quantitative estimate of drug-likeness (QED) is 0.521. The molecular formula is C8H11NO2S2. The number of allylic oxidation sites excluding steroid dienone is 2. The zero-order chi connectivity index (χ0) is 9.90. The van der Waals surface area contributed by atoms with E-state index in [1.54, 1.807) is 0 Å². The summed E-state index contributed by atoms with van der Waals surface area (Å²) < 4.78 is 22.3. The van der Waals surface area contributed by atoms with Gasteiger partial charge in [-0.3, -0.25) is 0 Å². The van der Waals surface area contributed by atoms with E-state index in [9.17, 15) is 8.42 Å². The van der Waals surface area contributed by atoms with E-state index in [-0.39, 0.29) is 5.25 Å². The number of sulfone groups is 1. The first-order chi connectivity index (χ1) is 6.04. The van der Waals surface area contributed by atoms with Gasteiger partial charge in [-0.1, -0.05) is 6.08 Å². The highest BCUT2D eigenvalue weighted by atomic mass is 32.2. The summed E-state index contributed by atoms with van der Waals surface area (Å²) in [6.07, 6.45) is 4.98. The summed E-state index contributed by atoms with van der Waals surface area (Å²) in [7, 11) is -2.90. The molecule has 0 bridgehead atoms. The van der Waals surface area contributed by atoms with Gasteiger partial charge < -0.3 is 0 Å². The van der Waals surface area contributed by atoms with Gasteiger partial charge in [0.25, 0.3) is 0 Å². The summed E-state index contributed by atoms with van der Waals surface area (Å²) in [5.74, 6) is 0. The minimum atomic E-state index is -2.90. The number of hydrogen-bond acceptors (Lipinski definition) is 4. The van der Waals surface area contributed by atoms with Gasteiger partial charge in [-0.05, 0) is 31.5 Å². The maximum Gasteiger partial charge on any atom is 0.150 e. The largest absolute Gasteiger partial charge is 0.229 e. The molecular weight excluding hydrogens is 206 g/mol. The molecule has 72 valence electrons. The molecule has 0 aliphatic heterocycles. The minimum absolute atomic E-state index is 0.239. The van der Waals surface area contributed by atoms with Crippen LogP contribution in [0.3, 0.4) is 0 Å². The summed E-state index contributed by atoms with van der Waals surface area (Å²) in [6.45, 7) is 0. The van der Waals surface area contributed by atoms with Crippen molar-refractivity contribution in [3.05, 3.63) is 11.8 Å². The molecule has 0 saturated heterocycles. The van der Waals surface area contributed by atoms with E-state index >= 15 is 0 Å². The monoisotopic (exact) mass is 217 g/mol. The first kappa shape index (κ1) is 10.6. The lowest BCUT2D eigenvalue weighted by Gasteiger charge is -2.17. The first-order valence-electron chi connectivity index (χ1n) is 4.00. The maximum atomic E-state index is 11.2. The molecule has 1 atom stereocenters. The van der Waals surface area contributed by atoms with Crippen LogP contribution in [0.2, 0.25) is 0 Å². The van der Waals surface area contributed by atoms with Crippen LogP contribution < -0.4 is 0 Å². The van der Waals surface area contributed by atoms with Crippen molar-refractivity contribution in [2.75, 3.05) is 6.26 Å². The van der Waals surface area contributed by atoms with Gasteiger partial charge >= 0.3 is 0 Å². The Labute approximate surface area is 83.5 Å². The third-order valence-electron chi connectivity index (χ3n) is 2.13. The van der Waals surface area contributed by atoms with Gasteiger partial charge in [-0.15, -0.1) is 0 Å². The zero-order valence-electron chi connectivity index (χ0n) is 7.36. The lowest BCUT2D eigenvalue weighted by Crippen LogP contribution is -2.21. The number of thiocarbonyl (C=S) groups is 1. The molecule has 1 rings (SSSR count). The lowest BCUT2D eigenvalue weighted by atomic mass is 10.0. The Balaban J connectivity index is 2.72. The molecule has 0 aromatic carbocycles. The smallest absolute Gasteiger partial charge is 0.150 e. The molecule has 0 heterocycles. The van der Waals surface area contributed by atoms with Crippen molar-refractivity contribution in [2.24, 2.45) is 4.99 Å². The molecule has 0 N–H and O–H groups in total. The molecule has 13 heavy (non-hydrogen) atoms. The second-order valence-electron chi connectivity index (χ2n) is 3.12. The summed E-state index contributed by atoms with van der Waals surface area (Å²) in [4.78, 5) is 3.83. The molecule has 0 radical (unpaired) electrons.